The minimum atomic E-state index is 0.330. The van der Waals surface area contributed by atoms with Crippen molar-refractivity contribution in [3.05, 3.63) is 0 Å². The average Bonchev–Trinajstić information content (AvgIpc) is 2.22. The van der Waals surface area contributed by atoms with Gasteiger partial charge in [0.05, 0.1) is 0 Å². The van der Waals surface area contributed by atoms with Crippen molar-refractivity contribution < 1.29 is 4.79 Å². The zero-order chi connectivity index (χ0) is 11.3. The number of likely N-dealkylation sites (N-methyl/N-ethyl adjacent to an activating group) is 1. The maximum absolute atomic E-state index is 11.8. The van der Waals surface area contributed by atoms with Crippen molar-refractivity contribution in [2.45, 2.75) is 32.2 Å². The van der Waals surface area contributed by atoms with Gasteiger partial charge in [-0.2, -0.15) is 0 Å². The molecule has 1 saturated heterocycles. The summed E-state index contributed by atoms with van der Waals surface area (Å²) in [4.78, 5) is 16.1. The number of unbranched alkanes of at least 4 members (excludes halogenated alkanes) is 1. The Hall–Kier alpha value is -0.0900. The molecule has 0 aromatic rings. The van der Waals surface area contributed by atoms with Crippen LogP contribution >= 0.6 is 15.9 Å². The molecule has 1 rings (SSSR count). The van der Waals surface area contributed by atoms with Gasteiger partial charge in [-0.3, -0.25) is 4.79 Å². The van der Waals surface area contributed by atoms with Gasteiger partial charge in [-0.05, 0) is 26.8 Å². The standard InChI is InChI=1S/C11H21BrN2O/c1-10-9-14(8-7-13(10)2)11(15)5-3-4-6-12/h10H,3-9H2,1-2H3. The maximum Gasteiger partial charge on any atom is 0.222 e. The number of piperazine rings is 1. The number of carbonyl (C=O) groups is 1. The molecule has 1 atom stereocenters. The summed E-state index contributed by atoms with van der Waals surface area (Å²) < 4.78 is 0. The Morgan fingerprint density at radius 2 is 2.13 bits per heavy atom. The molecule has 1 heterocycles. The van der Waals surface area contributed by atoms with Crippen LogP contribution in [-0.4, -0.2) is 53.8 Å². The molecular weight excluding hydrogens is 256 g/mol. The van der Waals surface area contributed by atoms with Gasteiger partial charge in [-0.1, -0.05) is 15.9 Å². The number of halogens is 1. The van der Waals surface area contributed by atoms with Crippen molar-refractivity contribution in [2.75, 3.05) is 32.0 Å². The first-order valence-electron chi connectivity index (χ1n) is 5.69. The van der Waals surface area contributed by atoms with Crippen LogP contribution in [0.3, 0.4) is 0 Å². The van der Waals surface area contributed by atoms with Crippen LogP contribution in [0, 0.1) is 0 Å². The van der Waals surface area contributed by atoms with Crippen molar-refractivity contribution >= 4 is 21.8 Å². The smallest absolute Gasteiger partial charge is 0.222 e. The summed E-state index contributed by atoms with van der Waals surface area (Å²) in [6.07, 6.45) is 2.81. The molecular formula is C11H21BrN2O. The number of nitrogens with zero attached hydrogens (tertiary/aromatic N) is 2. The number of alkyl halides is 1. The third-order valence-corrected chi connectivity index (χ3v) is 3.65. The van der Waals surface area contributed by atoms with E-state index in [0.717, 1.165) is 37.8 Å². The lowest BCUT2D eigenvalue weighted by Crippen LogP contribution is -2.51. The van der Waals surface area contributed by atoms with Crippen LogP contribution in [0.4, 0.5) is 0 Å². The summed E-state index contributed by atoms with van der Waals surface area (Å²) in [7, 11) is 2.12. The molecule has 1 unspecified atom stereocenters. The molecule has 88 valence electrons. The van der Waals surface area contributed by atoms with Gasteiger partial charge in [-0.25, -0.2) is 0 Å². The van der Waals surface area contributed by atoms with Crippen LogP contribution < -0.4 is 0 Å². The van der Waals surface area contributed by atoms with E-state index in [4.69, 9.17) is 0 Å². The minimum Gasteiger partial charge on any atom is -0.340 e. The van der Waals surface area contributed by atoms with Gasteiger partial charge in [0.2, 0.25) is 5.91 Å². The number of rotatable bonds is 4. The second-order valence-electron chi connectivity index (χ2n) is 4.32. The van der Waals surface area contributed by atoms with Crippen molar-refractivity contribution in [3.63, 3.8) is 0 Å². The summed E-state index contributed by atoms with van der Waals surface area (Å²) in [5.74, 6) is 0.330. The largest absolute Gasteiger partial charge is 0.340 e. The fourth-order valence-corrected chi connectivity index (χ4v) is 2.20. The molecule has 0 radical (unpaired) electrons. The lowest BCUT2D eigenvalue weighted by Gasteiger charge is -2.37. The number of carbonyl (C=O) groups excluding carboxylic acids is 1. The van der Waals surface area contributed by atoms with Gasteiger partial charge < -0.3 is 9.80 Å². The highest BCUT2D eigenvalue weighted by Crippen LogP contribution is 2.10. The molecule has 4 heteroatoms. The monoisotopic (exact) mass is 276 g/mol. The van der Waals surface area contributed by atoms with E-state index in [2.05, 4.69) is 34.8 Å². The summed E-state index contributed by atoms with van der Waals surface area (Å²) in [6.45, 7) is 4.97. The Balaban J connectivity index is 2.28. The molecule has 1 fully saturated rings. The molecule has 1 aliphatic rings. The maximum atomic E-state index is 11.8. The molecule has 1 aliphatic heterocycles. The van der Waals surface area contributed by atoms with Crippen molar-refractivity contribution in [3.8, 4) is 0 Å². The number of hydrogen-bond acceptors (Lipinski definition) is 2. The van der Waals surface area contributed by atoms with E-state index in [0.29, 0.717) is 18.4 Å². The first-order chi connectivity index (χ1) is 7.15. The first kappa shape index (κ1) is 13.0. The predicted molar refractivity (Wildman–Crippen MR) is 66.3 cm³/mol. The molecule has 3 nitrogen and oxygen atoms in total. The minimum absolute atomic E-state index is 0.330. The van der Waals surface area contributed by atoms with E-state index in [1.165, 1.54) is 0 Å². The highest BCUT2D eigenvalue weighted by atomic mass is 79.9. The van der Waals surface area contributed by atoms with Crippen molar-refractivity contribution in [1.82, 2.24) is 9.80 Å². The van der Waals surface area contributed by atoms with Gasteiger partial charge in [0.1, 0.15) is 0 Å². The zero-order valence-electron chi connectivity index (χ0n) is 9.71. The van der Waals surface area contributed by atoms with E-state index >= 15 is 0 Å². The van der Waals surface area contributed by atoms with Crippen LogP contribution in [0.2, 0.25) is 0 Å². The summed E-state index contributed by atoms with van der Waals surface area (Å²) in [6, 6.07) is 0.499. The lowest BCUT2D eigenvalue weighted by molar-refractivity contribution is -0.133. The Morgan fingerprint density at radius 1 is 1.40 bits per heavy atom. The Kier molecular flexibility index (Phi) is 5.61. The molecule has 1 amide bonds. The summed E-state index contributed by atoms with van der Waals surface area (Å²) in [5.41, 5.74) is 0. The molecule has 0 aliphatic carbocycles. The van der Waals surface area contributed by atoms with Crippen molar-refractivity contribution in [2.24, 2.45) is 0 Å². The van der Waals surface area contributed by atoms with E-state index in [-0.39, 0.29) is 0 Å². The fraction of sp³-hybridized carbons (Fsp3) is 0.909. The van der Waals surface area contributed by atoms with Crippen LogP contribution in [0.5, 0.6) is 0 Å². The van der Waals surface area contributed by atoms with Gasteiger partial charge in [-0.15, -0.1) is 0 Å². The predicted octanol–water partition coefficient (Wildman–Crippen LogP) is 1.71. The summed E-state index contributed by atoms with van der Waals surface area (Å²) >= 11 is 3.38. The number of hydrogen-bond donors (Lipinski definition) is 0. The lowest BCUT2D eigenvalue weighted by atomic mass is 10.1. The molecule has 0 aromatic heterocycles. The quantitative estimate of drug-likeness (QED) is 0.577. The van der Waals surface area contributed by atoms with Gasteiger partial charge in [0.25, 0.3) is 0 Å². The second-order valence-corrected chi connectivity index (χ2v) is 5.11. The van der Waals surface area contributed by atoms with E-state index in [1.54, 1.807) is 0 Å². The molecule has 0 saturated carbocycles. The van der Waals surface area contributed by atoms with Crippen LogP contribution in [0.15, 0.2) is 0 Å². The number of amides is 1. The summed E-state index contributed by atoms with van der Waals surface area (Å²) in [5, 5.41) is 0.999. The van der Waals surface area contributed by atoms with Gasteiger partial charge in [0, 0.05) is 37.4 Å². The van der Waals surface area contributed by atoms with Crippen LogP contribution in [0.25, 0.3) is 0 Å². The molecule has 15 heavy (non-hydrogen) atoms. The molecule has 0 bridgehead atoms. The van der Waals surface area contributed by atoms with Crippen LogP contribution in [-0.2, 0) is 4.79 Å². The normalized spacial score (nSPS) is 23.1. The van der Waals surface area contributed by atoms with Gasteiger partial charge >= 0.3 is 0 Å². The molecule has 0 N–H and O–H groups in total. The Bertz CT molecular complexity index is 211. The highest BCUT2D eigenvalue weighted by Gasteiger charge is 2.23. The van der Waals surface area contributed by atoms with Gasteiger partial charge in [0.15, 0.2) is 0 Å². The first-order valence-corrected chi connectivity index (χ1v) is 6.81. The zero-order valence-corrected chi connectivity index (χ0v) is 11.3. The van der Waals surface area contributed by atoms with E-state index < -0.39 is 0 Å². The van der Waals surface area contributed by atoms with Crippen molar-refractivity contribution in [1.29, 1.82) is 0 Å². The second kappa shape index (κ2) is 6.48. The van der Waals surface area contributed by atoms with Crippen LogP contribution in [0.1, 0.15) is 26.2 Å². The molecule has 0 aromatic carbocycles. The Morgan fingerprint density at radius 3 is 2.73 bits per heavy atom. The highest BCUT2D eigenvalue weighted by molar-refractivity contribution is 9.09. The average molecular weight is 277 g/mol. The molecule has 0 spiro atoms. The fourth-order valence-electron chi connectivity index (χ4n) is 1.80. The van der Waals surface area contributed by atoms with E-state index in [9.17, 15) is 4.79 Å². The SMILES string of the molecule is CC1CN(C(=O)CCCCBr)CCN1C. The topological polar surface area (TPSA) is 23.6 Å². The van der Waals surface area contributed by atoms with E-state index in [1.807, 2.05) is 4.90 Å². The third-order valence-electron chi connectivity index (χ3n) is 3.09. The third kappa shape index (κ3) is 4.11. The Labute approximate surface area is 101 Å².